The maximum atomic E-state index is 14.5. The molecule has 0 saturated carbocycles. The van der Waals surface area contributed by atoms with Gasteiger partial charge in [-0.05, 0) is 56.7 Å². The Hall–Kier alpha value is -3.68. The average Bonchev–Trinajstić information content (AvgIpc) is 3.20. The fourth-order valence-electron chi connectivity index (χ4n) is 7.91. The number of aliphatic hydroxyl groups is 1. The Balaban J connectivity index is 2.12. The zero-order chi connectivity index (χ0) is 41.0. The quantitative estimate of drug-likeness (QED) is 0.0773. The number of carbonyl (C=O) groups is 3. The van der Waals surface area contributed by atoms with Crippen molar-refractivity contribution in [1.82, 2.24) is 5.32 Å². The molecule has 0 aliphatic heterocycles. The fourth-order valence-corrected chi connectivity index (χ4v) is 7.91. The molecule has 0 fully saturated rings. The molecule has 2 aliphatic rings. The van der Waals surface area contributed by atoms with E-state index in [1.165, 1.54) is 0 Å². The summed E-state index contributed by atoms with van der Waals surface area (Å²) in [6, 6.07) is 5.94. The number of ketones is 1. The Kier molecular flexibility index (Phi) is 20.7. The number of aliphatic hydroxyl groups excluding tert-OH is 1. The number of nitrogens with zero attached hydrogens (tertiary/aromatic N) is 2. The molecule has 0 radical (unpaired) electrons. The topological polar surface area (TPSA) is 102 Å². The van der Waals surface area contributed by atoms with Crippen LogP contribution in [0.15, 0.2) is 47.9 Å². The standard InChI is InChI=1S/C48H76N4O4/c1-9-17-23-35(15-7)47(55)49-41-33-37(51(29-19-11-3)30-20-12-4)25-27-39(41)43-45(53)44(46(43)54)40-28-26-38(52(31-21-13-5)32-22-14-6)34-42(40)50-48(56)36(16-8)24-18-10-2/h25-28,33-36,39,43H,9-24,29-32H2,1-8H3,(H2,50,53,54,56)/p+1. The highest BCUT2D eigenvalue weighted by Crippen LogP contribution is 2.46. The average molecular weight is 774 g/mol. The molecule has 1 aromatic carbocycles. The number of allylic oxidation sites excluding steroid dienone is 5. The number of unbranched alkanes of at least 4 members (excludes halogenated alkanes) is 6. The van der Waals surface area contributed by atoms with Gasteiger partial charge in [-0.25, -0.2) is 4.58 Å². The molecule has 4 atom stereocenters. The smallest absolute Gasteiger partial charge is 0.227 e. The maximum absolute atomic E-state index is 14.5. The summed E-state index contributed by atoms with van der Waals surface area (Å²) >= 11 is 0. The number of nitrogens with one attached hydrogen (secondary N) is 2. The van der Waals surface area contributed by atoms with E-state index in [0.717, 1.165) is 140 Å². The van der Waals surface area contributed by atoms with Crippen LogP contribution in [0.2, 0.25) is 0 Å². The fraction of sp³-hybridized carbons (Fsp3) is 0.667. The Morgan fingerprint density at radius 2 is 1.29 bits per heavy atom. The lowest BCUT2D eigenvalue weighted by Crippen LogP contribution is -2.42. The number of rotatable bonds is 27. The maximum Gasteiger partial charge on any atom is 0.227 e. The molecule has 8 nitrogen and oxygen atoms in total. The molecule has 0 spiro atoms. The first-order valence-electron chi connectivity index (χ1n) is 22.6. The van der Waals surface area contributed by atoms with Crippen LogP contribution in [0.1, 0.15) is 164 Å². The molecule has 0 saturated heterocycles. The number of hydrogen-bond donors (Lipinski definition) is 3. The van der Waals surface area contributed by atoms with Crippen molar-refractivity contribution in [3.8, 4) is 0 Å². The molecule has 0 heterocycles. The van der Waals surface area contributed by atoms with E-state index < -0.39 is 11.8 Å². The van der Waals surface area contributed by atoms with E-state index in [0.29, 0.717) is 16.9 Å². The van der Waals surface area contributed by atoms with Crippen LogP contribution in [0.25, 0.3) is 5.57 Å². The van der Waals surface area contributed by atoms with Gasteiger partial charge in [0, 0.05) is 72.8 Å². The summed E-state index contributed by atoms with van der Waals surface area (Å²) in [5.74, 6) is -1.85. The molecular formula is C48H77N4O4+. The van der Waals surface area contributed by atoms with E-state index in [2.05, 4.69) is 74.7 Å². The van der Waals surface area contributed by atoms with Crippen LogP contribution in [-0.4, -0.2) is 59.2 Å². The van der Waals surface area contributed by atoms with Crippen molar-refractivity contribution in [3.63, 3.8) is 0 Å². The lowest BCUT2D eigenvalue weighted by molar-refractivity contribution is -0.527. The molecule has 56 heavy (non-hydrogen) atoms. The van der Waals surface area contributed by atoms with Crippen LogP contribution in [0.3, 0.4) is 0 Å². The molecule has 3 N–H and O–H groups in total. The van der Waals surface area contributed by atoms with Crippen LogP contribution >= 0.6 is 0 Å². The third-order valence-electron chi connectivity index (χ3n) is 11.8. The Bertz CT molecular complexity index is 1540. The first kappa shape index (κ1) is 46.7. The first-order chi connectivity index (χ1) is 27.1. The second-order valence-electron chi connectivity index (χ2n) is 16.1. The van der Waals surface area contributed by atoms with Gasteiger partial charge in [0.2, 0.25) is 17.5 Å². The number of anilines is 2. The summed E-state index contributed by atoms with van der Waals surface area (Å²) in [5.41, 5.74) is 4.07. The summed E-state index contributed by atoms with van der Waals surface area (Å²) in [7, 11) is 0. The minimum absolute atomic E-state index is 0.00944. The summed E-state index contributed by atoms with van der Waals surface area (Å²) < 4.78 is 2.38. The number of carbonyl (C=O) groups excluding carboxylic acids is 3. The van der Waals surface area contributed by atoms with Gasteiger partial charge >= 0.3 is 0 Å². The largest absolute Gasteiger partial charge is 0.511 e. The van der Waals surface area contributed by atoms with E-state index in [1.54, 1.807) is 0 Å². The monoisotopic (exact) mass is 774 g/mol. The molecule has 0 bridgehead atoms. The van der Waals surface area contributed by atoms with Crippen molar-refractivity contribution in [1.29, 1.82) is 0 Å². The van der Waals surface area contributed by atoms with Crippen LogP contribution in [0, 0.1) is 23.7 Å². The van der Waals surface area contributed by atoms with Crippen LogP contribution in [0.5, 0.6) is 0 Å². The SMILES string of the molecule is CCCCC(CC)C(=O)NC1=CC(=[N+](CCCC)CCCC)C=CC1C1C(=O)C(c2ccc(N(CCCC)CCCC)cc2NC(=O)C(CC)CCCC)=C1O. The van der Waals surface area contributed by atoms with E-state index in [9.17, 15) is 19.5 Å². The van der Waals surface area contributed by atoms with E-state index in [4.69, 9.17) is 0 Å². The minimum Gasteiger partial charge on any atom is -0.511 e. The van der Waals surface area contributed by atoms with Gasteiger partial charge in [-0.2, -0.15) is 0 Å². The van der Waals surface area contributed by atoms with E-state index in [-0.39, 0.29) is 40.8 Å². The molecule has 312 valence electrons. The van der Waals surface area contributed by atoms with E-state index in [1.807, 2.05) is 37.3 Å². The van der Waals surface area contributed by atoms with Crippen molar-refractivity contribution in [2.45, 2.75) is 158 Å². The van der Waals surface area contributed by atoms with Crippen molar-refractivity contribution < 1.29 is 24.1 Å². The van der Waals surface area contributed by atoms with Gasteiger partial charge in [-0.3, -0.25) is 14.4 Å². The zero-order valence-corrected chi connectivity index (χ0v) is 36.5. The summed E-state index contributed by atoms with van der Waals surface area (Å²) in [6.07, 6.45) is 21.8. The highest BCUT2D eigenvalue weighted by Gasteiger charge is 2.47. The number of hydrogen-bond acceptors (Lipinski definition) is 5. The van der Waals surface area contributed by atoms with Crippen LogP contribution in [-0.2, 0) is 14.4 Å². The van der Waals surface area contributed by atoms with Crippen molar-refractivity contribution in [2.75, 3.05) is 36.4 Å². The predicted octanol–water partition coefficient (Wildman–Crippen LogP) is 11.2. The molecular weight excluding hydrogens is 697 g/mol. The Morgan fingerprint density at radius 1 is 0.750 bits per heavy atom. The minimum atomic E-state index is -0.827. The van der Waals surface area contributed by atoms with Gasteiger partial charge in [0.25, 0.3) is 0 Å². The second kappa shape index (κ2) is 24.8. The van der Waals surface area contributed by atoms with Gasteiger partial charge < -0.3 is 20.6 Å². The third kappa shape index (κ3) is 12.7. The molecule has 2 aliphatic carbocycles. The zero-order valence-electron chi connectivity index (χ0n) is 36.5. The van der Waals surface area contributed by atoms with Crippen molar-refractivity contribution >= 4 is 40.3 Å². The van der Waals surface area contributed by atoms with Crippen molar-refractivity contribution in [2.24, 2.45) is 23.7 Å². The van der Waals surface area contributed by atoms with Gasteiger partial charge in [0.1, 0.15) is 18.8 Å². The molecule has 3 rings (SSSR count). The van der Waals surface area contributed by atoms with Gasteiger partial charge in [-0.15, -0.1) is 0 Å². The molecule has 4 unspecified atom stereocenters. The summed E-state index contributed by atoms with van der Waals surface area (Å²) in [4.78, 5) is 44.4. The van der Waals surface area contributed by atoms with Crippen molar-refractivity contribution in [3.05, 3.63) is 53.4 Å². The molecule has 2 amide bonds. The van der Waals surface area contributed by atoms with E-state index >= 15 is 0 Å². The molecule has 1 aromatic rings. The van der Waals surface area contributed by atoms with Gasteiger partial charge in [0.05, 0.1) is 17.2 Å². The number of benzene rings is 1. The normalized spacial score (nSPS) is 17.7. The van der Waals surface area contributed by atoms with Gasteiger partial charge in [-0.1, -0.05) is 113 Å². The summed E-state index contributed by atoms with van der Waals surface area (Å²) in [6.45, 7) is 20.8. The van der Waals surface area contributed by atoms with Gasteiger partial charge in [0.15, 0.2) is 5.78 Å². The number of Topliss-reactive ketones (excluding diaryl/α,β-unsaturated/α-hetero) is 1. The highest BCUT2D eigenvalue weighted by molar-refractivity contribution is 6.31. The number of amides is 2. The third-order valence-corrected chi connectivity index (χ3v) is 11.8. The summed E-state index contributed by atoms with van der Waals surface area (Å²) in [5, 5.41) is 18.5. The predicted molar refractivity (Wildman–Crippen MR) is 235 cm³/mol. The Morgan fingerprint density at radius 3 is 1.79 bits per heavy atom. The molecule has 8 heteroatoms. The first-order valence-corrected chi connectivity index (χ1v) is 22.6. The van der Waals surface area contributed by atoms with Crippen LogP contribution < -0.4 is 15.5 Å². The van der Waals surface area contributed by atoms with Crippen LogP contribution in [0.4, 0.5) is 11.4 Å². The second-order valence-corrected chi connectivity index (χ2v) is 16.1. The Labute approximate surface area is 340 Å². The lowest BCUT2D eigenvalue weighted by atomic mass is 9.69. The lowest BCUT2D eigenvalue weighted by Gasteiger charge is -2.36. The highest BCUT2D eigenvalue weighted by atomic mass is 16.3. The molecule has 0 aromatic heterocycles.